The lowest BCUT2D eigenvalue weighted by molar-refractivity contribution is -0.137. The van der Waals surface area contributed by atoms with Gasteiger partial charge in [-0.3, -0.25) is 8.96 Å². The van der Waals surface area contributed by atoms with E-state index in [4.69, 9.17) is 9.47 Å². The van der Waals surface area contributed by atoms with Crippen molar-refractivity contribution >= 4 is 23.0 Å². The summed E-state index contributed by atoms with van der Waals surface area (Å²) in [7, 11) is 0. The maximum atomic E-state index is 13.0. The maximum Gasteiger partial charge on any atom is 0.416 e. The number of hydrogen-bond acceptors (Lipinski definition) is 5. The lowest BCUT2D eigenvalue weighted by atomic mass is 10.2. The van der Waals surface area contributed by atoms with E-state index in [0.717, 1.165) is 17.7 Å². The quantitative estimate of drug-likeness (QED) is 0.514. The van der Waals surface area contributed by atoms with Crippen molar-refractivity contribution in [3.8, 4) is 17.3 Å². The van der Waals surface area contributed by atoms with Gasteiger partial charge in [0, 0.05) is 24.6 Å². The highest BCUT2D eigenvalue weighted by molar-refractivity contribution is 7.97. The van der Waals surface area contributed by atoms with Crippen LogP contribution in [0.2, 0.25) is 0 Å². The molecule has 0 saturated carbocycles. The van der Waals surface area contributed by atoms with Crippen LogP contribution in [0.4, 0.5) is 13.2 Å². The molecule has 1 unspecified atom stereocenters. The van der Waals surface area contributed by atoms with Crippen LogP contribution in [0.25, 0.3) is 22.6 Å². The minimum Gasteiger partial charge on any atom is -0.465 e. The van der Waals surface area contributed by atoms with E-state index in [0.29, 0.717) is 29.4 Å². The van der Waals surface area contributed by atoms with Gasteiger partial charge >= 0.3 is 6.18 Å². The molecule has 2 heterocycles. The van der Waals surface area contributed by atoms with Crippen LogP contribution in [0.5, 0.6) is 5.75 Å². The Morgan fingerprint density at radius 3 is 2.64 bits per heavy atom. The van der Waals surface area contributed by atoms with Crippen LogP contribution in [-0.4, -0.2) is 33.1 Å². The van der Waals surface area contributed by atoms with Crippen molar-refractivity contribution in [3.63, 3.8) is 0 Å². The van der Waals surface area contributed by atoms with Crippen LogP contribution in [-0.2, 0) is 10.9 Å². The summed E-state index contributed by atoms with van der Waals surface area (Å²) < 4.78 is 52.1. The molecule has 3 aromatic rings. The summed E-state index contributed by atoms with van der Waals surface area (Å²) in [4.78, 5) is 8.84. The zero-order valence-corrected chi connectivity index (χ0v) is 16.7. The van der Waals surface area contributed by atoms with Gasteiger partial charge in [-0.2, -0.15) is 13.2 Å². The fraction of sp³-hybridized carbons (Fsp3) is 0.368. The highest BCUT2D eigenvalue weighted by atomic mass is 32.2. The van der Waals surface area contributed by atoms with Gasteiger partial charge in [0.1, 0.15) is 11.4 Å². The largest absolute Gasteiger partial charge is 0.465 e. The van der Waals surface area contributed by atoms with Gasteiger partial charge in [-0.25, -0.2) is 4.98 Å². The lowest BCUT2D eigenvalue weighted by Gasteiger charge is -2.17. The van der Waals surface area contributed by atoms with E-state index in [1.807, 2.05) is 20.1 Å². The number of aromatic nitrogens is 3. The average Bonchev–Trinajstić information content (AvgIpc) is 3.00. The SMILES string of the molecule is CCOC(C)Oc1ccnc(-c2nc3cc(C(F)(F)F)ccc3n2SC)c1C. The molecule has 0 aliphatic heterocycles. The molecule has 28 heavy (non-hydrogen) atoms. The molecule has 150 valence electrons. The van der Waals surface area contributed by atoms with Crippen molar-refractivity contribution in [2.24, 2.45) is 0 Å². The molecule has 9 heteroatoms. The molecule has 3 rings (SSSR count). The number of benzene rings is 1. The van der Waals surface area contributed by atoms with Gasteiger partial charge in [-0.05, 0) is 57.0 Å². The van der Waals surface area contributed by atoms with Crippen molar-refractivity contribution in [1.82, 2.24) is 13.9 Å². The molecule has 2 aromatic heterocycles. The first-order valence-corrected chi connectivity index (χ1v) is 9.82. The molecular formula is C19H20F3N3O2S. The van der Waals surface area contributed by atoms with Crippen molar-refractivity contribution in [2.75, 3.05) is 12.9 Å². The van der Waals surface area contributed by atoms with E-state index in [1.165, 1.54) is 18.0 Å². The number of ether oxygens (including phenoxy) is 2. The highest BCUT2D eigenvalue weighted by Gasteiger charge is 2.31. The zero-order chi connectivity index (χ0) is 20.5. The molecule has 0 N–H and O–H groups in total. The predicted molar refractivity (Wildman–Crippen MR) is 103 cm³/mol. The smallest absolute Gasteiger partial charge is 0.416 e. The van der Waals surface area contributed by atoms with Crippen LogP contribution in [0.1, 0.15) is 25.0 Å². The molecule has 0 amide bonds. The Bertz CT molecular complexity index is 988. The summed E-state index contributed by atoms with van der Waals surface area (Å²) in [6.07, 6.45) is -1.45. The Balaban J connectivity index is 2.10. The fourth-order valence-corrected chi connectivity index (χ4v) is 3.54. The van der Waals surface area contributed by atoms with E-state index in [9.17, 15) is 13.2 Å². The van der Waals surface area contributed by atoms with E-state index in [1.54, 1.807) is 23.2 Å². The van der Waals surface area contributed by atoms with Gasteiger partial charge in [0.15, 0.2) is 12.1 Å². The lowest BCUT2D eigenvalue weighted by Crippen LogP contribution is -2.16. The summed E-state index contributed by atoms with van der Waals surface area (Å²) in [5, 5.41) is 0. The topological polar surface area (TPSA) is 49.2 Å². The maximum absolute atomic E-state index is 13.0. The number of pyridine rings is 1. The van der Waals surface area contributed by atoms with Crippen LogP contribution in [0, 0.1) is 6.92 Å². The molecule has 0 spiro atoms. The van der Waals surface area contributed by atoms with E-state index < -0.39 is 18.0 Å². The fourth-order valence-electron chi connectivity index (χ4n) is 2.89. The van der Waals surface area contributed by atoms with Gasteiger partial charge < -0.3 is 9.47 Å². The summed E-state index contributed by atoms with van der Waals surface area (Å²) in [5.41, 5.74) is 1.39. The predicted octanol–water partition coefficient (Wildman–Crippen LogP) is 5.31. The summed E-state index contributed by atoms with van der Waals surface area (Å²) in [6.45, 7) is 6.02. The van der Waals surface area contributed by atoms with Crippen LogP contribution in [0.3, 0.4) is 0 Å². The molecule has 0 bridgehead atoms. The number of rotatable bonds is 6. The Morgan fingerprint density at radius 2 is 2.00 bits per heavy atom. The third-order valence-electron chi connectivity index (χ3n) is 4.18. The standard InChI is InChI=1S/C19H20F3N3O2S/c1-5-26-12(3)27-16-8-9-23-17(11(16)2)18-24-14-10-13(19(20,21)22)6-7-15(14)25(18)28-4/h6-10,12H,5H2,1-4H3. The molecule has 1 atom stereocenters. The highest BCUT2D eigenvalue weighted by Crippen LogP contribution is 2.35. The molecule has 1 aromatic carbocycles. The van der Waals surface area contributed by atoms with Crippen molar-refractivity contribution < 1.29 is 22.6 Å². The van der Waals surface area contributed by atoms with E-state index in [-0.39, 0.29) is 5.52 Å². The van der Waals surface area contributed by atoms with Crippen LogP contribution < -0.4 is 4.74 Å². The Kier molecular flexibility index (Phi) is 5.85. The molecule has 0 aliphatic carbocycles. The first kappa shape index (κ1) is 20.5. The normalized spacial score (nSPS) is 13.1. The van der Waals surface area contributed by atoms with Crippen molar-refractivity contribution in [2.45, 2.75) is 33.2 Å². The number of alkyl halides is 3. The van der Waals surface area contributed by atoms with Crippen LogP contribution in [0.15, 0.2) is 30.5 Å². The van der Waals surface area contributed by atoms with Gasteiger partial charge in [-0.1, -0.05) is 0 Å². The molecular weight excluding hydrogens is 391 g/mol. The monoisotopic (exact) mass is 411 g/mol. The minimum absolute atomic E-state index is 0.259. The second-order valence-corrected chi connectivity index (χ2v) is 6.77. The third-order valence-corrected chi connectivity index (χ3v) is 4.92. The first-order chi connectivity index (χ1) is 13.3. The number of halogens is 3. The second-order valence-electron chi connectivity index (χ2n) is 6.04. The molecule has 0 fully saturated rings. The van der Waals surface area contributed by atoms with Crippen molar-refractivity contribution in [3.05, 3.63) is 41.6 Å². The Hall–Kier alpha value is -2.26. The third kappa shape index (κ3) is 3.95. The van der Waals surface area contributed by atoms with Crippen molar-refractivity contribution in [1.29, 1.82) is 0 Å². The number of nitrogens with zero attached hydrogens (tertiary/aromatic N) is 3. The molecule has 0 aliphatic rings. The molecule has 5 nitrogen and oxygen atoms in total. The summed E-state index contributed by atoms with van der Waals surface area (Å²) >= 11 is 1.34. The van der Waals surface area contributed by atoms with Gasteiger partial charge in [0.2, 0.25) is 0 Å². The summed E-state index contributed by atoms with van der Waals surface area (Å²) in [6, 6.07) is 5.27. The number of hydrogen-bond donors (Lipinski definition) is 0. The van der Waals surface area contributed by atoms with Gasteiger partial charge in [0.25, 0.3) is 0 Å². The van der Waals surface area contributed by atoms with Crippen LogP contribution >= 0.6 is 11.9 Å². The zero-order valence-electron chi connectivity index (χ0n) is 15.9. The average molecular weight is 411 g/mol. The number of fused-ring (bicyclic) bond motifs is 1. The minimum atomic E-state index is -4.42. The number of imidazole rings is 1. The first-order valence-electron chi connectivity index (χ1n) is 8.64. The summed E-state index contributed by atoms with van der Waals surface area (Å²) in [5.74, 6) is 1.05. The van der Waals surface area contributed by atoms with Gasteiger partial charge in [0.05, 0.1) is 16.6 Å². The van der Waals surface area contributed by atoms with Gasteiger partial charge in [-0.15, -0.1) is 0 Å². The Morgan fingerprint density at radius 1 is 1.25 bits per heavy atom. The van der Waals surface area contributed by atoms with E-state index >= 15 is 0 Å². The molecule has 0 radical (unpaired) electrons. The Labute approximate surface area is 165 Å². The molecule has 0 saturated heterocycles. The van der Waals surface area contributed by atoms with E-state index in [2.05, 4.69) is 9.97 Å². The second kappa shape index (κ2) is 8.00.